The van der Waals surface area contributed by atoms with Crippen molar-refractivity contribution in [1.29, 1.82) is 0 Å². The Morgan fingerprint density at radius 1 is 1.50 bits per heavy atom. The minimum absolute atomic E-state index is 0. The molecule has 0 aliphatic carbocycles. The van der Waals surface area contributed by atoms with Crippen LogP contribution in [0, 0.1) is 0 Å². The van der Waals surface area contributed by atoms with E-state index in [-0.39, 0.29) is 12.4 Å². The van der Waals surface area contributed by atoms with E-state index in [1.807, 2.05) is 12.3 Å². The molecule has 2 heterocycles. The number of H-pyrrole nitrogens is 1. The topological polar surface area (TPSA) is 54.7 Å². The molecule has 0 radical (unpaired) electrons. The van der Waals surface area contributed by atoms with E-state index in [1.165, 1.54) is 0 Å². The van der Waals surface area contributed by atoms with Gasteiger partial charge in [0.1, 0.15) is 5.82 Å². The van der Waals surface area contributed by atoms with Gasteiger partial charge >= 0.3 is 0 Å². The Bertz CT molecular complexity index is 362. The standard InChI is InChI=1S/C7H6BrN3.ClH/c8-5-3-11-7(9)6-4(5)1-2-10-6;/h1-3,10H,(H2,9,11);1H. The summed E-state index contributed by atoms with van der Waals surface area (Å²) in [6.45, 7) is 0. The molecule has 0 aliphatic heterocycles. The lowest BCUT2D eigenvalue weighted by atomic mass is 10.3. The molecule has 2 rings (SSSR count). The van der Waals surface area contributed by atoms with Crippen molar-refractivity contribution in [3.05, 3.63) is 22.9 Å². The first-order valence-corrected chi connectivity index (χ1v) is 3.95. The molecular weight excluding hydrogens is 241 g/mol. The van der Waals surface area contributed by atoms with Gasteiger partial charge in [0.15, 0.2) is 0 Å². The van der Waals surface area contributed by atoms with Crippen LogP contribution in [0.2, 0.25) is 0 Å². The summed E-state index contributed by atoms with van der Waals surface area (Å²) >= 11 is 3.37. The fourth-order valence-electron chi connectivity index (χ4n) is 1.04. The number of halogens is 2. The van der Waals surface area contributed by atoms with Crippen molar-refractivity contribution in [1.82, 2.24) is 9.97 Å². The second kappa shape index (κ2) is 3.33. The molecule has 0 aromatic carbocycles. The number of nitrogens with one attached hydrogen (secondary N) is 1. The van der Waals surface area contributed by atoms with Crippen molar-refractivity contribution in [3.63, 3.8) is 0 Å². The van der Waals surface area contributed by atoms with Crippen molar-refractivity contribution in [3.8, 4) is 0 Å². The van der Waals surface area contributed by atoms with Crippen LogP contribution in [0.3, 0.4) is 0 Å². The molecule has 3 N–H and O–H groups in total. The molecule has 0 unspecified atom stereocenters. The van der Waals surface area contributed by atoms with Crippen molar-refractivity contribution < 1.29 is 0 Å². The van der Waals surface area contributed by atoms with Gasteiger partial charge in [0.05, 0.1) is 5.52 Å². The first kappa shape index (κ1) is 9.35. The molecule has 64 valence electrons. The third-order valence-electron chi connectivity index (χ3n) is 1.58. The largest absolute Gasteiger partial charge is 0.382 e. The zero-order valence-electron chi connectivity index (χ0n) is 6.04. The Labute approximate surface area is 83.9 Å². The van der Waals surface area contributed by atoms with Crippen molar-refractivity contribution in [2.45, 2.75) is 0 Å². The van der Waals surface area contributed by atoms with Gasteiger partial charge in [-0.2, -0.15) is 0 Å². The molecular formula is C7H7BrClN3. The Kier molecular flexibility index (Phi) is 2.59. The van der Waals surface area contributed by atoms with E-state index < -0.39 is 0 Å². The first-order valence-electron chi connectivity index (χ1n) is 3.16. The number of aromatic nitrogens is 2. The average molecular weight is 249 g/mol. The molecule has 2 aromatic heterocycles. The Balaban J connectivity index is 0.000000720. The van der Waals surface area contributed by atoms with E-state index in [0.29, 0.717) is 5.82 Å². The highest BCUT2D eigenvalue weighted by atomic mass is 79.9. The molecule has 0 saturated carbocycles. The molecule has 0 bridgehead atoms. The number of anilines is 1. The van der Waals surface area contributed by atoms with Gasteiger partial charge in [-0.3, -0.25) is 0 Å². The van der Waals surface area contributed by atoms with E-state index in [1.54, 1.807) is 6.20 Å². The van der Waals surface area contributed by atoms with Gasteiger partial charge in [0.2, 0.25) is 0 Å². The lowest BCUT2D eigenvalue weighted by Gasteiger charge is -1.95. The van der Waals surface area contributed by atoms with E-state index in [0.717, 1.165) is 15.4 Å². The summed E-state index contributed by atoms with van der Waals surface area (Å²) in [4.78, 5) is 6.99. The van der Waals surface area contributed by atoms with E-state index in [4.69, 9.17) is 5.73 Å². The normalized spacial score (nSPS) is 9.75. The number of nitrogen functional groups attached to an aromatic ring is 1. The van der Waals surface area contributed by atoms with E-state index in [2.05, 4.69) is 25.9 Å². The van der Waals surface area contributed by atoms with Crippen LogP contribution < -0.4 is 5.73 Å². The highest BCUT2D eigenvalue weighted by Gasteiger charge is 2.02. The van der Waals surface area contributed by atoms with E-state index in [9.17, 15) is 0 Å². The lowest BCUT2D eigenvalue weighted by Crippen LogP contribution is -1.90. The summed E-state index contributed by atoms with van der Waals surface area (Å²) < 4.78 is 0.961. The summed E-state index contributed by atoms with van der Waals surface area (Å²) in [5.41, 5.74) is 6.49. The zero-order valence-corrected chi connectivity index (χ0v) is 8.45. The fourth-order valence-corrected chi connectivity index (χ4v) is 1.47. The number of pyridine rings is 1. The summed E-state index contributed by atoms with van der Waals surface area (Å²) in [5.74, 6) is 0.535. The second-order valence-electron chi connectivity index (χ2n) is 2.26. The number of fused-ring (bicyclic) bond motifs is 1. The molecule has 0 spiro atoms. The first-order chi connectivity index (χ1) is 5.29. The van der Waals surface area contributed by atoms with Crippen LogP contribution in [0.5, 0.6) is 0 Å². The number of hydrogen-bond donors (Lipinski definition) is 2. The van der Waals surface area contributed by atoms with Gasteiger partial charge < -0.3 is 10.7 Å². The maximum Gasteiger partial charge on any atom is 0.147 e. The monoisotopic (exact) mass is 247 g/mol. The van der Waals surface area contributed by atoms with Crippen LogP contribution in [0.15, 0.2) is 22.9 Å². The second-order valence-corrected chi connectivity index (χ2v) is 3.11. The highest BCUT2D eigenvalue weighted by molar-refractivity contribution is 9.10. The van der Waals surface area contributed by atoms with Crippen molar-refractivity contribution >= 4 is 45.1 Å². The molecule has 3 nitrogen and oxygen atoms in total. The van der Waals surface area contributed by atoms with Gasteiger partial charge in [-0.1, -0.05) is 0 Å². The lowest BCUT2D eigenvalue weighted by molar-refractivity contribution is 1.33. The van der Waals surface area contributed by atoms with Crippen LogP contribution in [0.1, 0.15) is 0 Å². The number of nitrogens with zero attached hydrogens (tertiary/aromatic N) is 1. The smallest absolute Gasteiger partial charge is 0.147 e. The average Bonchev–Trinajstić information content (AvgIpc) is 2.45. The zero-order chi connectivity index (χ0) is 7.84. The SMILES string of the molecule is Cl.Nc1ncc(Br)c2cc[nH]c12. The van der Waals surface area contributed by atoms with E-state index >= 15 is 0 Å². The molecule has 0 fully saturated rings. The van der Waals surface area contributed by atoms with Crippen LogP contribution in [0.4, 0.5) is 5.82 Å². The molecule has 0 aliphatic rings. The minimum Gasteiger partial charge on any atom is -0.382 e. The molecule has 0 amide bonds. The van der Waals surface area contributed by atoms with Gasteiger partial charge in [-0.05, 0) is 22.0 Å². The van der Waals surface area contributed by atoms with Crippen LogP contribution in [0.25, 0.3) is 10.9 Å². The predicted octanol–water partition coefficient (Wildman–Crippen LogP) is 2.33. The van der Waals surface area contributed by atoms with Gasteiger partial charge in [0.25, 0.3) is 0 Å². The highest BCUT2D eigenvalue weighted by Crippen LogP contribution is 2.24. The summed E-state index contributed by atoms with van der Waals surface area (Å²) in [5, 5.41) is 1.07. The van der Waals surface area contributed by atoms with Crippen molar-refractivity contribution in [2.24, 2.45) is 0 Å². The number of hydrogen-bond acceptors (Lipinski definition) is 2. The summed E-state index contributed by atoms with van der Waals surface area (Å²) in [6, 6.07) is 1.96. The van der Waals surface area contributed by atoms with Crippen LogP contribution >= 0.6 is 28.3 Å². The van der Waals surface area contributed by atoms with Crippen LogP contribution in [-0.2, 0) is 0 Å². The molecule has 0 atom stereocenters. The predicted molar refractivity (Wildman–Crippen MR) is 55.5 cm³/mol. The maximum atomic E-state index is 5.61. The Morgan fingerprint density at radius 3 is 2.92 bits per heavy atom. The molecule has 5 heteroatoms. The van der Waals surface area contributed by atoms with Gasteiger partial charge in [0, 0.05) is 22.3 Å². The third kappa shape index (κ3) is 1.28. The van der Waals surface area contributed by atoms with Crippen molar-refractivity contribution in [2.75, 3.05) is 5.73 Å². The maximum absolute atomic E-state index is 5.61. The molecule has 2 aromatic rings. The minimum atomic E-state index is 0. The number of aromatic amines is 1. The third-order valence-corrected chi connectivity index (χ3v) is 2.21. The molecule has 12 heavy (non-hydrogen) atoms. The Hall–Kier alpha value is -0.740. The molecule has 0 saturated heterocycles. The summed E-state index contributed by atoms with van der Waals surface area (Å²) in [7, 11) is 0. The van der Waals surface area contributed by atoms with Gasteiger partial charge in [-0.25, -0.2) is 4.98 Å². The van der Waals surface area contributed by atoms with Crippen LogP contribution in [-0.4, -0.2) is 9.97 Å². The Morgan fingerprint density at radius 2 is 2.25 bits per heavy atom. The van der Waals surface area contributed by atoms with Gasteiger partial charge in [-0.15, -0.1) is 12.4 Å². The number of nitrogens with two attached hydrogens (primary N) is 1. The summed E-state index contributed by atoms with van der Waals surface area (Å²) in [6.07, 6.45) is 3.54. The fraction of sp³-hybridized carbons (Fsp3) is 0. The number of rotatable bonds is 0. The quantitative estimate of drug-likeness (QED) is 0.752.